The molecule has 1 fully saturated rings. The van der Waals surface area contributed by atoms with Crippen molar-refractivity contribution in [2.24, 2.45) is 4.99 Å². The van der Waals surface area contributed by atoms with Gasteiger partial charge in [-0.3, -0.25) is 9.89 Å². The summed E-state index contributed by atoms with van der Waals surface area (Å²) in [5.41, 5.74) is 2.58. The summed E-state index contributed by atoms with van der Waals surface area (Å²) in [6.45, 7) is 9.09. The average Bonchev–Trinajstić information content (AvgIpc) is 3.39. The van der Waals surface area contributed by atoms with Gasteiger partial charge in [-0.25, -0.2) is 4.79 Å². The van der Waals surface area contributed by atoms with Gasteiger partial charge in [-0.2, -0.15) is 0 Å². The van der Waals surface area contributed by atoms with E-state index in [1.807, 2.05) is 56.9 Å². The molecule has 1 saturated carbocycles. The molecule has 1 heterocycles. The summed E-state index contributed by atoms with van der Waals surface area (Å²) in [4.78, 5) is 18.9. The molecule has 3 rings (SSSR count). The Morgan fingerprint density at radius 3 is 2.61 bits per heavy atom. The standard InChI is InChI=1S/C24H34N4O3/c1-17-15-18(16-27-22(25-5)26-13-12-20-7-6-14-30-20)8-11-21(17)28(19-9-10-19)23(29)31-24(2,3)4/h6-8,11,14-15,19H,9-10,12-13,16H2,1-5H3,(H2,25,26,27). The Balaban J connectivity index is 1.58. The highest BCUT2D eigenvalue weighted by Crippen LogP contribution is 2.35. The second kappa shape index (κ2) is 9.90. The number of carbonyl (C=O) groups is 1. The second-order valence-corrected chi connectivity index (χ2v) is 8.88. The highest BCUT2D eigenvalue weighted by atomic mass is 16.6. The number of rotatable bonds is 7. The van der Waals surface area contributed by atoms with Gasteiger partial charge in [0.15, 0.2) is 5.96 Å². The number of nitrogens with one attached hydrogen (secondary N) is 2. The van der Waals surface area contributed by atoms with Crippen molar-refractivity contribution in [2.45, 2.75) is 65.1 Å². The molecule has 1 aliphatic rings. The van der Waals surface area contributed by atoms with Crippen molar-refractivity contribution < 1.29 is 13.9 Å². The molecular formula is C24H34N4O3. The van der Waals surface area contributed by atoms with Crippen molar-refractivity contribution in [3.63, 3.8) is 0 Å². The van der Waals surface area contributed by atoms with Gasteiger partial charge in [0.05, 0.1) is 12.0 Å². The summed E-state index contributed by atoms with van der Waals surface area (Å²) in [6.07, 6.45) is 4.24. The number of hydrogen-bond donors (Lipinski definition) is 2. The number of anilines is 1. The minimum atomic E-state index is -0.512. The zero-order valence-electron chi connectivity index (χ0n) is 19.2. The minimum absolute atomic E-state index is 0.231. The van der Waals surface area contributed by atoms with Crippen LogP contribution in [0.3, 0.4) is 0 Å². The van der Waals surface area contributed by atoms with E-state index in [0.717, 1.165) is 54.3 Å². The average molecular weight is 427 g/mol. The Bertz CT molecular complexity index is 896. The van der Waals surface area contributed by atoms with E-state index >= 15 is 0 Å². The number of aliphatic imine (C=N–C) groups is 1. The number of aryl methyl sites for hydroxylation is 1. The number of furan rings is 1. The van der Waals surface area contributed by atoms with E-state index in [4.69, 9.17) is 9.15 Å². The van der Waals surface area contributed by atoms with Gasteiger partial charge in [-0.05, 0) is 69.9 Å². The van der Waals surface area contributed by atoms with Crippen molar-refractivity contribution >= 4 is 17.7 Å². The molecule has 1 amide bonds. The molecule has 7 nitrogen and oxygen atoms in total. The van der Waals surface area contributed by atoms with Crippen LogP contribution in [0.1, 0.15) is 50.5 Å². The molecule has 0 radical (unpaired) electrons. The number of benzene rings is 1. The molecular weight excluding hydrogens is 392 g/mol. The van der Waals surface area contributed by atoms with E-state index in [1.165, 1.54) is 0 Å². The normalized spacial score (nSPS) is 14.3. The van der Waals surface area contributed by atoms with Crippen molar-refractivity contribution in [3.05, 3.63) is 53.5 Å². The summed E-state index contributed by atoms with van der Waals surface area (Å²) in [7, 11) is 1.75. The number of amides is 1. The van der Waals surface area contributed by atoms with Crippen molar-refractivity contribution in [1.82, 2.24) is 10.6 Å². The molecule has 1 aromatic carbocycles. The Labute approximate surface area is 184 Å². The summed E-state index contributed by atoms with van der Waals surface area (Å²) >= 11 is 0. The fourth-order valence-electron chi connectivity index (χ4n) is 3.35. The molecule has 168 valence electrons. The molecule has 0 unspecified atom stereocenters. The zero-order chi connectivity index (χ0) is 22.4. The molecule has 2 N–H and O–H groups in total. The van der Waals surface area contributed by atoms with Crippen LogP contribution in [0.15, 0.2) is 46.0 Å². The van der Waals surface area contributed by atoms with Gasteiger partial charge in [0.2, 0.25) is 0 Å². The number of ether oxygens (including phenoxy) is 1. The summed E-state index contributed by atoms with van der Waals surface area (Å²) in [5.74, 6) is 1.68. The highest BCUT2D eigenvalue weighted by molar-refractivity contribution is 5.90. The van der Waals surface area contributed by atoms with Crippen LogP contribution in [-0.4, -0.2) is 37.3 Å². The summed E-state index contributed by atoms with van der Waals surface area (Å²) < 4.78 is 11.0. The highest BCUT2D eigenvalue weighted by Gasteiger charge is 2.37. The Hall–Kier alpha value is -2.96. The van der Waals surface area contributed by atoms with Crippen LogP contribution in [-0.2, 0) is 17.7 Å². The summed E-state index contributed by atoms with van der Waals surface area (Å²) in [5, 5.41) is 6.63. The summed E-state index contributed by atoms with van der Waals surface area (Å²) in [6, 6.07) is 10.3. The van der Waals surface area contributed by atoms with Crippen LogP contribution in [0, 0.1) is 6.92 Å². The molecule has 2 aromatic rings. The van der Waals surface area contributed by atoms with E-state index in [-0.39, 0.29) is 12.1 Å². The van der Waals surface area contributed by atoms with Gasteiger partial charge < -0.3 is 19.8 Å². The van der Waals surface area contributed by atoms with E-state index in [9.17, 15) is 4.79 Å². The first-order valence-electron chi connectivity index (χ1n) is 10.9. The molecule has 0 spiro atoms. The largest absolute Gasteiger partial charge is 0.469 e. The van der Waals surface area contributed by atoms with Gasteiger partial charge in [0, 0.05) is 32.6 Å². The van der Waals surface area contributed by atoms with E-state index < -0.39 is 5.60 Å². The van der Waals surface area contributed by atoms with Gasteiger partial charge in [-0.1, -0.05) is 12.1 Å². The minimum Gasteiger partial charge on any atom is -0.469 e. The lowest BCUT2D eigenvalue weighted by Crippen LogP contribution is -2.39. The Kier molecular flexibility index (Phi) is 7.25. The topological polar surface area (TPSA) is 79.1 Å². The fourth-order valence-corrected chi connectivity index (χ4v) is 3.35. The van der Waals surface area contributed by atoms with Crippen LogP contribution < -0.4 is 15.5 Å². The van der Waals surface area contributed by atoms with Gasteiger partial charge in [-0.15, -0.1) is 0 Å². The monoisotopic (exact) mass is 426 g/mol. The van der Waals surface area contributed by atoms with Crippen molar-refractivity contribution in [1.29, 1.82) is 0 Å². The molecule has 7 heteroatoms. The third-order valence-corrected chi connectivity index (χ3v) is 4.95. The first-order chi connectivity index (χ1) is 14.8. The van der Waals surface area contributed by atoms with Crippen LogP contribution in [0.2, 0.25) is 0 Å². The molecule has 1 aromatic heterocycles. The molecule has 0 bridgehead atoms. The fraction of sp³-hybridized carbons (Fsp3) is 0.500. The zero-order valence-corrected chi connectivity index (χ0v) is 19.2. The number of carbonyl (C=O) groups excluding carboxylic acids is 1. The van der Waals surface area contributed by atoms with E-state index in [1.54, 1.807) is 13.3 Å². The van der Waals surface area contributed by atoms with Crippen molar-refractivity contribution in [3.8, 4) is 0 Å². The smallest absolute Gasteiger partial charge is 0.415 e. The lowest BCUT2D eigenvalue weighted by atomic mass is 10.1. The maximum Gasteiger partial charge on any atom is 0.415 e. The quantitative estimate of drug-likeness (QED) is 0.507. The van der Waals surface area contributed by atoms with E-state index in [2.05, 4.69) is 21.7 Å². The van der Waals surface area contributed by atoms with Crippen molar-refractivity contribution in [2.75, 3.05) is 18.5 Å². The number of hydrogen-bond acceptors (Lipinski definition) is 4. The molecule has 31 heavy (non-hydrogen) atoms. The van der Waals surface area contributed by atoms with Gasteiger partial charge in [0.25, 0.3) is 0 Å². The van der Waals surface area contributed by atoms with Crippen LogP contribution >= 0.6 is 0 Å². The predicted octanol–water partition coefficient (Wildman–Crippen LogP) is 4.40. The van der Waals surface area contributed by atoms with E-state index in [0.29, 0.717) is 6.54 Å². The SMILES string of the molecule is CN=C(NCCc1ccco1)NCc1ccc(N(C(=O)OC(C)(C)C)C2CC2)c(C)c1. The van der Waals surface area contributed by atoms with Gasteiger partial charge in [0.1, 0.15) is 11.4 Å². The Morgan fingerprint density at radius 2 is 2.03 bits per heavy atom. The van der Waals surface area contributed by atoms with Crippen LogP contribution in [0.5, 0.6) is 0 Å². The maximum atomic E-state index is 12.8. The maximum absolute atomic E-state index is 12.8. The lowest BCUT2D eigenvalue weighted by Gasteiger charge is -2.28. The number of guanidine groups is 1. The van der Waals surface area contributed by atoms with Crippen LogP contribution in [0.4, 0.5) is 10.5 Å². The van der Waals surface area contributed by atoms with Crippen LogP contribution in [0.25, 0.3) is 0 Å². The first kappa shape index (κ1) is 22.7. The second-order valence-electron chi connectivity index (χ2n) is 8.88. The molecule has 0 saturated heterocycles. The molecule has 1 aliphatic carbocycles. The lowest BCUT2D eigenvalue weighted by molar-refractivity contribution is 0.0577. The third-order valence-electron chi connectivity index (χ3n) is 4.95. The number of nitrogens with zero attached hydrogens (tertiary/aromatic N) is 2. The third kappa shape index (κ3) is 6.77. The Morgan fingerprint density at radius 1 is 1.26 bits per heavy atom. The predicted molar refractivity (Wildman–Crippen MR) is 124 cm³/mol. The molecule has 0 atom stereocenters. The first-order valence-corrected chi connectivity index (χ1v) is 10.9. The van der Waals surface area contributed by atoms with Gasteiger partial charge >= 0.3 is 6.09 Å². The molecule has 0 aliphatic heterocycles.